The highest BCUT2D eigenvalue weighted by atomic mass is 32.2. The third kappa shape index (κ3) is 6.23. The number of rotatable bonds is 7. The summed E-state index contributed by atoms with van der Waals surface area (Å²) in [4.78, 5) is 11.8. The third-order valence-electron chi connectivity index (χ3n) is 2.62. The van der Waals surface area contributed by atoms with Crippen LogP contribution in [0.1, 0.15) is 27.2 Å². The lowest BCUT2D eigenvalue weighted by Gasteiger charge is -2.21. The van der Waals surface area contributed by atoms with Gasteiger partial charge in [-0.25, -0.2) is 0 Å². The van der Waals surface area contributed by atoms with Crippen molar-refractivity contribution in [3.8, 4) is 0 Å². The molecule has 4 nitrogen and oxygen atoms in total. The smallest absolute Gasteiger partial charge is 0.224 e. The van der Waals surface area contributed by atoms with E-state index in [1.54, 1.807) is 6.26 Å². The summed E-state index contributed by atoms with van der Waals surface area (Å²) in [5.74, 6) is 0.745. The van der Waals surface area contributed by atoms with Gasteiger partial charge in [0.25, 0.3) is 0 Å². The molecule has 0 radical (unpaired) electrons. The quantitative estimate of drug-likeness (QED) is 0.689. The first-order valence-corrected chi connectivity index (χ1v) is 7.41. The van der Waals surface area contributed by atoms with Gasteiger partial charge in [0.05, 0.1) is 5.92 Å². The number of nitrogens with two attached hydrogens (primary N) is 1. The Hall–Kier alpha value is -0.420. The number of hydrogen-bond donors (Lipinski definition) is 2. The predicted octanol–water partition coefficient (Wildman–Crippen LogP) is 0.491. The van der Waals surface area contributed by atoms with Crippen LogP contribution in [-0.4, -0.2) is 34.7 Å². The average Bonchev–Trinajstić information content (AvgIpc) is 2.15. The van der Waals surface area contributed by atoms with Crippen LogP contribution < -0.4 is 11.1 Å². The van der Waals surface area contributed by atoms with E-state index in [1.165, 1.54) is 0 Å². The number of hydrogen-bond acceptors (Lipinski definition) is 3. The van der Waals surface area contributed by atoms with E-state index in [1.807, 2.05) is 20.8 Å². The second-order valence-corrected chi connectivity index (χ2v) is 6.12. The lowest BCUT2D eigenvalue weighted by Crippen LogP contribution is -2.42. The molecule has 96 valence electrons. The molecule has 0 saturated heterocycles. The van der Waals surface area contributed by atoms with Crippen molar-refractivity contribution in [1.82, 2.24) is 5.32 Å². The van der Waals surface area contributed by atoms with E-state index in [-0.39, 0.29) is 23.8 Å². The first kappa shape index (κ1) is 15.6. The minimum Gasteiger partial charge on any atom is -0.353 e. The molecule has 0 aromatic carbocycles. The fourth-order valence-electron chi connectivity index (χ4n) is 1.45. The molecule has 0 aliphatic carbocycles. The third-order valence-corrected chi connectivity index (χ3v) is 3.43. The van der Waals surface area contributed by atoms with Crippen LogP contribution in [0, 0.1) is 11.8 Å². The number of nitrogens with one attached hydrogen (secondary N) is 1. The topological polar surface area (TPSA) is 72.2 Å². The predicted molar refractivity (Wildman–Crippen MR) is 68.5 cm³/mol. The Morgan fingerprint density at radius 3 is 2.31 bits per heavy atom. The second-order valence-electron chi connectivity index (χ2n) is 4.56. The van der Waals surface area contributed by atoms with Gasteiger partial charge in [0, 0.05) is 35.4 Å². The molecule has 0 heterocycles. The highest BCUT2D eigenvalue weighted by Crippen LogP contribution is 2.09. The molecule has 5 heteroatoms. The van der Waals surface area contributed by atoms with Crippen LogP contribution in [0.4, 0.5) is 0 Å². The summed E-state index contributed by atoms with van der Waals surface area (Å²) in [6.45, 7) is 6.28. The first-order valence-electron chi connectivity index (χ1n) is 5.69. The molecule has 0 aliphatic heterocycles. The van der Waals surface area contributed by atoms with Gasteiger partial charge in [0.1, 0.15) is 0 Å². The second kappa shape index (κ2) is 7.79. The highest BCUT2D eigenvalue weighted by Gasteiger charge is 2.21. The number of carbonyl (C=O) groups is 1. The minimum absolute atomic E-state index is 0.00638. The molecule has 0 aromatic heterocycles. The van der Waals surface area contributed by atoms with Gasteiger partial charge in [0.15, 0.2) is 0 Å². The molecule has 0 fully saturated rings. The van der Waals surface area contributed by atoms with Crippen LogP contribution >= 0.6 is 0 Å². The lowest BCUT2D eigenvalue weighted by atomic mass is 9.95. The Balaban J connectivity index is 4.06. The standard InChI is InChI=1S/C11H24N2O2S/c1-8(2)10(7-12)11(14)13-9(3)5-6-16(4)15/h8-10H,5-7,12H2,1-4H3,(H,13,14). The van der Waals surface area contributed by atoms with Crippen molar-refractivity contribution in [3.05, 3.63) is 0 Å². The maximum Gasteiger partial charge on any atom is 0.224 e. The Labute approximate surface area is 101 Å². The van der Waals surface area contributed by atoms with Crippen molar-refractivity contribution in [3.63, 3.8) is 0 Å². The molecule has 3 unspecified atom stereocenters. The molecule has 0 aromatic rings. The summed E-state index contributed by atoms with van der Waals surface area (Å²) in [6, 6.07) is 0.0594. The summed E-state index contributed by atoms with van der Waals surface area (Å²) in [6.07, 6.45) is 2.41. The molecule has 0 saturated carbocycles. The van der Waals surface area contributed by atoms with Crippen LogP contribution in [-0.2, 0) is 15.6 Å². The van der Waals surface area contributed by atoms with Gasteiger partial charge in [-0.05, 0) is 19.3 Å². The van der Waals surface area contributed by atoms with E-state index >= 15 is 0 Å². The fraction of sp³-hybridized carbons (Fsp3) is 0.909. The van der Waals surface area contributed by atoms with Crippen molar-refractivity contribution >= 4 is 16.7 Å². The Morgan fingerprint density at radius 2 is 1.94 bits per heavy atom. The van der Waals surface area contributed by atoms with Crippen molar-refractivity contribution in [1.29, 1.82) is 0 Å². The van der Waals surface area contributed by atoms with Crippen LogP contribution in [0.3, 0.4) is 0 Å². The maximum absolute atomic E-state index is 11.8. The summed E-state index contributed by atoms with van der Waals surface area (Å²) >= 11 is 0. The molecule has 0 rings (SSSR count). The average molecular weight is 248 g/mol. The van der Waals surface area contributed by atoms with Gasteiger partial charge in [-0.1, -0.05) is 13.8 Å². The summed E-state index contributed by atoms with van der Waals surface area (Å²) in [5.41, 5.74) is 5.56. The molecule has 16 heavy (non-hydrogen) atoms. The van der Waals surface area contributed by atoms with E-state index in [0.717, 1.165) is 6.42 Å². The molecule has 0 bridgehead atoms. The number of carbonyl (C=O) groups excluding carboxylic acids is 1. The molecule has 0 spiro atoms. The Kier molecular flexibility index (Phi) is 7.58. The van der Waals surface area contributed by atoms with Gasteiger partial charge in [-0.3, -0.25) is 9.00 Å². The number of amides is 1. The maximum atomic E-state index is 11.8. The van der Waals surface area contributed by atoms with Gasteiger partial charge >= 0.3 is 0 Å². The van der Waals surface area contributed by atoms with E-state index in [9.17, 15) is 9.00 Å². The van der Waals surface area contributed by atoms with E-state index in [0.29, 0.717) is 12.3 Å². The minimum atomic E-state index is -0.798. The lowest BCUT2D eigenvalue weighted by molar-refractivity contribution is -0.126. The van der Waals surface area contributed by atoms with Gasteiger partial charge in [-0.2, -0.15) is 0 Å². The normalized spacial score (nSPS) is 16.9. The van der Waals surface area contributed by atoms with E-state index in [2.05, 4.69) is 5.32 Å². The Bertz CT molecular complexity index is 244. The van der Waals surface area contributed by atoms with Gasteiger partial charge in [0.2, 0.25) is 5.91 Å². The van der Waals surface area contributed by atoms with Crippen molar-refractivity contribution in [2.24, 2.45) is 17.6 Å². The van der Waals surface area contributed by atoms with Crippen LogP contribution in [0.25, 0.3) is 0 Å². The zero-order valence-electron chi connectivity index (χ0n) is 10.7. The summed E-state index contributed by atoms with van der Waals surface area (Å²) in [5, 5.41) is 2.91. The summed E-state index contributed by atoms with van der Waals surface area (Å²) < 4.78 is 10.9. The fourth-order valence-corrected chi connectivity index (χ4v) is 2.13. The Morgan fingerprint density at radius 1 is 1.38 bits per heavy atom. The van der Waals surface area contributed by atoms with E-state index in [4.69, 9.17) is 5.73 Å². The van der Waals surface area contributed by atoms with Crippen molar-refractivity contribution < 1.29 is 9.00 Å². The molecular weight excluding hydrogens is 224 g/mol. The molecule has 0 aliphatic rings. The summed E-state index contributed by atoms with van der Waals surface area (Å²) in [7, 11) is -0.798. The molecule has 3 N–H and O–H groups in total. The van der Waals surface area contributed by atoms with Gasteiger partial charge < -0.3 is 11.1 Å². The van der Waals surface area contributed by atoms with Crippen LogP contribution in [0.5, 0.6) is 0 Å². The zero-order chi connectivity index (χ0) is 12.7. The molecule has 3 atom stereocenters. The van der Waals surface area contributed by atoms with Crippen LogP contribution in [0.2, 0.25) is 0 Å². The monoisotopic (exact) mass is 248 g/mol. The van der Waals surface area contributed by atoms with Crippen molar-refractivity contribution in [2.75, 3.05) is 18.6 Å². The largest absolute Gasteiger partial charge is 0.353 e. The molecular formula is C11H24N2O2S. The van der Waals surface area contributed by atoms with Crippen molar-refractivity contribution in [2.45, 2.75) is 33.2 Å². The first-order chi connectivity index (χ1) is 7.38. The van der Waals surface area contributed by atoms with E-state index < -0.39 is 10.8 Å². The zero-order valence-corrected chi connectivity index (χ0v) is 11.5. The SMILES string of the molecule is CC(CCS(C)=O)NC(=O)C(CN)C(C)C. The van der Waals surface area contributed by atoms with Gasteiger partial charge in [-0.15, -0.1) is 0 Å². The highest BCUT2D eigenvalue weighted by molar-refractivity contribution is 7.84. The van der Waals surface area contributed by atoms with Crippen LogP contribution in [0.15, 0.2) is 0 Å². The molecule has 1 amide bonds.